The lowest BCUT2D eigenvalue weighted by molar-refractivity contribution is -0.137. The van der Waals surface area contributed by atoms with Gasteiger partial charge in [0.2, 0.25) is 0 Å². The molecule has 1 aromatic rings. The predicted molar refractivity (Wildman–Crippen MR) is 62.9 cm³/mol. The van der Waals surface area contributed by atoms with Gasteiger partial charge in [0.15, 0.2) is 0 Å². The highest BCUT2D eigenvalue weighted by Crippen LogP contribution is 2.40. The first-order valence-electron chi connectivity index (χ1n) is 6.25. The summed E-state index contributed by atoms with van der Waals surface area (Å²) < 4.78 is 37.3. The molecule has 2 rings (SSSR count). The molecule has 1 nitrogen and oxygen atoms in total. The first-order chi connectivity index (χ1) is 8.39. The van der Waals surface area contributed by atoms with Gasteiger partial charge >= 0.3 is 6.18 Å². The van der Waals surface area contributed by atoms with E-state index in [1.165, 1.54) is 12.1 Å². The minimum Gasteiger partial charge on any atom is -0.388 e. The van der Waals surface area contributed by atoms with Crippen LogP contribution in [0.4, 0.5) is 13.2 Å². The zero-order valence-electron chi connectivity index (χ0n) is 10.2. The maximum absolute atomic E-state index is 12.4. The molecule has 18 heavy (non-hydrogen) atoms. The molecule has 1 N–H and O–H groups in total. The Kier molecular flexibility index (Phi) is 3.66. The molecule has 1 fully saturated rings. The van der Waals surface area contributed by atoms with E-state index >= 15 is 0 Å². The van der Waals surface area contributed by atoms with Gasteiger partial charge in [0.05, 0.1) is 11.7 Å². The van der Waals surface area contributed by atoms with Crippen LogP contribution in [0, 0.1) is 11.8 Å². The van der Waals surface area contributed by atoms with Crippen molar-refractivity contribution in [2.45, 2.75) is 38.5 Å². The van der Waals surface area contributed by atoms with Crippen LogP contribution >= 0.6 is 0 Å². The summed E-state index contributed by atoms with van der Waals surface area (Å²) >= 11 is 0. The van der Waals surface area contributed by atoms with Gasteiger partial charge in [0.1, 0.15) is 0 Å². The van der Waals surface area contributed by atoms with Crippen molar-refractivity contribution in [3.8, 4) is 0 Å². The first-order valence-corrected chi connectivity index (χ1v) is 6.25. The second-order valence-corrected chi connectivity index (χ2v) is 5.14. The molecule has 0 radical (unpaired) electrons. The van der Waals surface area contributed by atoms with Gasteiger partial charge in [0, 0.05) is 0 Å². The van der Waals surface area contributed by atoms with Gasteiger partial charge in [-0.3, -0.25) is 0 Å². The minimum absolute atomic E-state index is 0.168. The molecule has 0 amide bonds. The van der Waals surface area contributed by atoms with Crippen molar-refractivity contribution in [3.63, 3.8) is 0 Å². The van der Waals surface area contributed by atoms with Crippen molar-refractivity contribution in [2.75, 3.05) is 0 Å². The van der Waals surface area contributed by atoms with Crippen LogP contribution in [0.2, 0.25) is 0 Å². The molecule has 1 saturated carbocycles. The zero-order chi connectivity index (χ0) is 13.3. The van der Waals surface area contributed by atoms with Crippen LogP contribution in [0.3, 0.4) is 0 Å². The van der Waals surface area contributed by atoms with E-state index in [0.29, 0.717) is 11.5 Å². The van der Waals surface area contributed by atoms with E-state index in [4.69, 9.17) is 0 Å². The van der Waals surface area contributed by atoms with Crippen molar-refractivity contribution in [1.82, 2.24) is 0 Å². The molecule has 1 aromatic carbocycles. The monoisotopic (exact) mass is 258 g/mol. The van der Waals surface area contributed by atoms with Crippen LogP contribution in [0.1, 0.15) is 43.4 Å². The van der Waals surface area contributed by atoms with Crippen molar-refractivity contribution in [2.24, 2.45) is 11.8 Å². The van der Waals surface area contributed by atoms with Gasteiger partial charge in [-0.05, 0) is 36.0 Å². The molecule has 0 aliphatic heterocycles. The average Bonchev–Trinajstić information content (AvgIpc) is 2.73. The maximum atomic E-state index is 12.4. The normalized spacial score (nSPS) is 26.3. The lowest BCUT2D eigenvalue weighted by atomic mass is 9.88. The Morgan fingerprint density at radius 1 is 1.17 bits per heavy atom. The third kappa shape index (κ3) is 2.69. The molecule has 0 bridgehead atoms. The topological polar surface area (TPSA) is 20.2 Å². The largest absolute Gasteiger partial charge is 0.416 e. The quantitative estimate of drug-likeness (QED) is 0.843. The number of benzene rings is 1. The van der Waals surface area contributed by atoms with Crippen molar-refractivity contribution >= 4 is 0 Å². The Hall–Kier alpha value is -1.03. The minimum atomic E-state index is -4.32. The smallest absolute Gasteiger partial charge is 0.388 e. The lowest BCUT2D eigenvalue weighted by Crippen LogP contribution is -2.15. The lowest BCUT2D eigenvalue weighted by Gasteiger charge is -2.22. The van der Waals surface area contributed by atoms with Crippen molar-refractivity contribution < 1.29 is 18.3 Å². The summed E-state index contributed by atoms with van der Waals surface area (Å²) in [6.07, 6.45) is -1.84. The Labute approximate surface area is 105 Å². The van der Waals surface area contributed by atoms with E-state index in [1.54, 1.807) is 0 Å². The van der Waals surface area contributed by atoms with Crippen LogP contribution in [-0.4, -0.2) is 5.11 Å². The van der Waals surface area contributed by atoms with Gasteiger partial charge in [-0.25, -0.2) is 0 Å². The summed E-state index contributed by atoms with van der Waals surface area (Å²) in [6.45, 7) is 2.09. The van der Waals surface area contributed by atoms with Gasteiger partial charge in [-0.15, -0.1) is 0 Å². The molecule has 1 aliphatic rings. The molecular formula is C14H17F3O. The van der Waals surface area contributed by atoms with Gasteiger partial charge in [-0.2, -0.15) is 13.2 Å². The molecule has 0 saturated heterocycles. The molecule has 0 heterocycles. The molecule has 0 aromatic heterocycles. The fourth-order valence-corrected chi connectivity index (χ4v) is 2.76. The summed E-state index contributed by atoms with van der Waals surface area (Å²) in [6, 6.07) is 4.85. The Balaban J connectivity index is 2.14. The number of rotatable bonds is 2. The highest BCUT2D eigenvalue weighted by atomic mass is 19.4. The Bertz CT molecular complexity index is 396. The van der Waals surface area contributed by atoms with Gasteiger partial charge < -0.3 is 5.11 Å². The maximum Gasteiger partial charge on any atom is 0.416 e. The summed E-state index contributed by atoms with van der Waals surface area (Å²) in [7, 11) is 0. The van der Waals surface area contributed by atoms with Crippen LogP contribution in [0.25, 0.3) is 0 Å². The first kappa shape index (κ1) is 13.4. The molecule has 3 unspecified atom stereocenters. The van der Waals surface area contributed by atoms with E-state index < -0.39 is 17.8 Å². The molecule has 1 aliphatic carbocycles. The number of hydrogen-bond acceptors (Lipinski definition) is 1. The number of aliphatic hydroxyl groups is 1. The molecule has 100 valence electrons. The van der Waals surface area contributed by atoms with Crippen LogP contribution in [-0.2, 0) is 6.18 Å². The Morgan fingerprint density at radius 2 is 1.78 bits per heavy atom. The summed E-state index contributed by atoms with van der Waals surface area (Å²) in [5.41, 5.74) is -0.0836. The summed E-state index contributed by atoms with van der Waals surface area (Å²) in [5.74, 6) is 0.601. The fourth-order valence-electron chi connectivity index (χ4n) is 2.76. The summed E-state index contributed by atoms with van der Waals surface area (Å²) in [4.78, 5) is 0. The number of aliphatic hydroxyl groups excluding tert-OH is 1. The van der Waals surface area contributed by atoms with Crippen molar-refractivity contribution in [3.05, 3.63) is 35.4 Å². The van der Waals surface area contributed by atoms with E-state index in [9.17, 15) is 18.3 Å². The standard InChI is InChI=1S/C14H17F3O/c1-9-3-2-4-12(9)13(18)10-5-7-11(8-6-10)14(15,16)17/h5-9,12-13,18H,2-4H2,1H3. The summed E-state index contributed by atoms with van der Waals surface area (Å²) in [5, 5.41) is 10.2. The van der Waals surface area contributed by atoms with Crippen LogP contribution < -0.4 is 0 Å². The van der Waals surface area contributed by atoms with Gasteiger partial charge in [0.25, 0.3) is 0 Å². The third-order valence-electron chi connectivity index (χ3n) is 3.91. The molecule has 0 spiro atoms. The van der Waals surface area contributed by atoms with E-state index in [-0.39, 0.29) is 5.92 Å². The van der Waals surface area contributed by atoms with E-state index in [0.717, 1.165) is 31.4 Å². The highest BCUT2D eigenvalue weighted by molar-refractivity contribution is 5.26. The second-order valence-electron chi connectivity index (χ2n) is 5.14. The SMILES string of the molecule is CC1CCCC1C(O)c1ccc(C(F)(F)F)cc1. The van der Waals surface area contributed by atoms with Gasteiger partial charge in [-0.1, -0.05) is 31.9 Å². The van der Waals surface area contributed by atoms with Crippen LogP contribution in [0.5, 0.6) is 0 Å². The van der Waals surface area contributed by atoms with E-state index in [1.807, 2.05) is 0 Å². The Morgan fingerprint density at radius 3 is 2.22 bits per heavy atom. The number of alkyl halides is 3. The second kappa shape index (κ2) is 4.92. The zero-order valence-corrected chi connectivity index (χ0v) is 10.2. The molecule has 3 atom stereocenters. The third-order valence-corrected chi connectivity index (χ3v) is 3.91. The number of hydrogen-bond donors (Lipinski definition) is 1. The van der Waals surface area contributed by atoms with E-state index in [2.05, 4.69) is 6.92 Å². The van der Waals surface area contributed by atoms with Crippen molar-refractivity contribution in [1.29, 1.82) is 0 Å². The van der Waals surface area contributed by atoms with Crippen LogP contribution in [0.15, 0.2) is 24.3 Å². The number of halogens is 3. The molecular weight excluding hydrogens is 241 g/mol. The molecule has 4 heteroatoms. The fraction of sp³-hybridized carbons (Fsp3) is 0.571. The predicted octanol–water partition coefficient (Wildman–Crippen LogP) is 4.18. The average molecular weight is 258 g/mol. The highest BCUT2D eigenvalue weighted by Gasteiger charge is 2.32.